The zero-order chi connectivity index (χ0) is 13.7. The summed E-state index contributed by atoms with van der Waals surface area (Å²) >= 11 is 0. The van der Waals surface area contributed by atoms with Gasteiger partial charge in [0.05, 0.1) is 5.60 Å². The minimum atomic E-state index is -1.11. The number of benzene rings is 1. The number of rotatable bonds is 5. The fourth-order valence-electron chi connectivity index (χ4n) is 2.78. The Kier molecular flexibility index (Phi) is 4.56. The third-order valence-electron chi connectivity index (χ3n) is 3.86. The molecule has 1 aliphatic carbocycles. The van der Waals surface area contributed by atoms with Gasteiger partial charge in [-0.1, -0.05) is 49.6 Å². The molecule has 1 aromatic carbocycles. The summed E-state index contributed by atoms with van der Waals surface area (Å²) in [7, 11) is 0. The van der Waals surface area contributed by atoms with E-state index < -0.39 is 17.6 Å². The first-order chi connectivity index (χ1) is 9.12. The van der Waals surface area contributed by atoms with Gasteiger partial charge in [-0.05, 0) is 18.4 Å². The molecule has 1 unspecified atom stereocenters. The van der Waals surface area contributed by atoms with Crippen LogP contribution in [-0.4, -0.2) is 27.8 Å². The molecular weight excluding hydrogens is 242 g/mol. The molecule has 1 fully saturated rings. The fraction of sp³-hybridized carbons (Fsp3) is 0.533. The molecule has 0 spiro atoms. The van der Waals surface area contributed by atoms with E-state index in [1.807, 2.05) is 30.3 Å². The molecule has 0 saturated heterocycles. The Balaban J connectivity index is 2.02. The number of carbonyl (C=O) groups is 1. The summed E-state index contributed by atoms with van der Waals surface area (Å²) in [5, 5.41) is 22.9. The Morgan fingerprint density at radius 3 is 2.42 bits per heavy atom. The molecule has 1 saturated carbocycles. The topological polar surface area (TPSA) is 69.6 Å². The number of hydrogen-bond donors (Lipinski definition) is 3. The second-order valence-corrected chi connectivity index (χ2v) is 5.30. The van der Waals surface area contributed by atoms with E-state index in [-0.39, 0.29) is 0 Å². The zero-order valence-corrected chi connectivity index (χ0v) is 11.0. The average molecular weight is 263 g/mol. The second kappa shape index (κ2) is 6.17. The first-order valence-electron chi connectivity index (χ1n) is 6.84. The highest BCUT2D eigenvalue weighted by Gasteiger charge is 2.41. The number of carboxylic acid groups (broad SMARTS) is 1. The van der Waals surface area contributed by atoms with Gasteiger partial charge in [0, 0.05) is 6.54 Å². The summed E-state index contributed by atoms with van der Waals surface area (Å²) in [6.45, 7) is 0.458. The highest BCUT2D eigenvalue weighted by molar-refractivity contribution is 5.75. The molecule has 3 N–H and O–H groups in total. The van der Waals surface area contributed by atoms with Gasteiger partial charge in [-0.15, -0.1) is 0 Å². The van der Waals surface area contributed by atoms with Crippen LogP contribution in [0.3, 0.4) is 0 Å². The normalized spacial score (nSPS) is 19.8. The van der Waals surface area contributed by atoms with Crippen LogP contribution in [0.4, 0.5) is 0 Å². The maximum atomic E-state index is 11.4. The molecule has 4 nitrogen and oxygen atoms in total. The average Bonchev–Trinajstić information content (AvgIpc) is 2.40. The molecule has 1 atom stereocenters. The van der Waals surface area contributed by atoms with Gasteiger partial charge in [0.2, 0.25) is 0 Å². The third kappa shape index (κ3) is 3.55. The van der Waals surface area contributed by atoms with Crippen molar-refractivity contribution in [3.8, 4) is 0 Å². The van der Waals surface area contributed by atoms with E-state index in [4.69, 9.17) is 0 Å². The Morgan fingerprint density at radius 1 is 1.21 bits per heavy atom. The van der Waals surface area contributed by atoms with Gasteiger partial charge in [0.15, 0.2) is 0 Å². The Labute approximate surface area is 113 Å². The number of aliphatic hydroxyl groups is 1. The third-order valence-corrected chi connectivity index (χ3v) is 3.86. The molecule has 1 aromatic rings. The van der Waals surface area contributed by atoms with Gasteiger partial charge in [-0.25, -0.2) is 0 Å². The predicted octanol–water partition coefficient (Wildman–Crippen LogP) is 1.92. The van der Waals surface area contributed by atoms with Crippen molar-refractivity contribution >= 4 is 5.97 Å². The van der Waals surface area contributed by atoms with Crippen LogP contribution in [0.5, 0.6) is 0 Å². The van der Waals surface area contributed by atoms with Crippen molar-refractivity contribution in [3.63, 3.8) is 0 Å². The molecule has 2 rings (SSSR count). The van der Waals surface area contributed by atoms with E-state index in [0.29, 0.717) is 19.4 Å². The summed E-state index contributed by atoms with van der Waals surface area (Å²) in [5.41, 5.74) is -0.0908. The van der Waals surface area contributed by atoms with Gasteiger partial charge in [-0.2, -0.15) is 0 Å². The molecule has 1 aliphatic rings. The summed E-state index contributed by atoms with van der Waals surface area (Å²) in [5.74, 6) is -0.972. The van der Waals surface area contributed by atoms with Crippen molar-refractivity contribution in [2.45, 2.75) is 50.3 Å². The number of nitrogens with one attached hydrogen (secondary N) is 1. The van der Waals surface area contributed by atoms with E-state index in [1.54, 1.807) is 0 Å². The molecule has 0 aromatic heterocycles. The molecule has 0 heterocycles. The van der Waals surface area contributed by atoms with Crippen molar-refractivity contribution in [3.05, 3.63) is 35.9 Å². The summed E-state index contributed by atoms with van der Waals surface area (Å²) < 4.78 is 0. The van der Waals surface area contributed by atoms with Crippen LogP contribution in [0.2, 0.25) is 0 Å². The van der Waals surface area contributed by atoms with Crippen LogP contribution in [-0.2, 0) is 11.3 Å². The van der Waals surface area contributed by atoms with Gasteiger partial charge >= 0.3 is 5.97 Å². The Morgan fingerprint density at radius 2 is 1.84 bits per heavy atom. The number of carboxylic acids is 1. The van der Waals surface area contributed by atoms with Crippen molar-refractivity contribution in [1.82, 2.24) is 5.32 Å². The second-order valence-electron chi connectivity index (χ2n) is 5.30. The van der Waals surface area contributed by atoms with Crippen molar-refractivity contribution < 1.29 is 15.0 Å². The van der Waals surface area contributed by atoms with Gasteiger partial charge in [-0.3, -0.25) is 10.1 Å². The highest BCUT2D eigenvalue weighted by atomic mass is 16.4. The first kappa shape index (κ1) is 14.0. The van der Waals surface area contributed by atoms with E-state index in [9.17, 15) is 15.0 Å². The minimum Gasteiger partial charge on any atom is -0.480 e. The molecule has 104 valence electrons. The van der Waals surface area contributed by atoms with Gasteiger partial charge < -0.3 is 10.2 Å². The lowest BCUT2D eigenvalue weighted by Gasteiger charge is -2.37. The van der Waals surface area contributed by atoms with Crippen LogP contribution in [0.15, 0.2) is 30.3 Å². The molecule has 19 heavy (non-hydrogen) atoms. The first-order valence-corrected chi connectivity index (χ1v) is 6.84. The van der Waals surface area contributed by atoms with E-state index in [1.165, 1.54) is 0 Å². The number of hydrogen-bond acceptors (Lipinski definition) is 3. The van der Waals surface area contributed by atoms with Crippen molar-refractivity contribution in [1.29, 1.82) is 0 Å². The van der Waals surface area contributed by atoms with E-state index >= 15 is 0 Å². The van der Waals surface area contributed by atoms with Crippen LogP contribution in [0, 0.1) is 0 Å². The summed E-state index contributed by atoms with van der Waals surface area (Å²) in [4.78, 5) is 11.4. The molecule has 0 amide bonds. The SMILES string of the molecule is O=C(O)C(NCc1ccccc1)C1(O)CCCCC1. The zero-order valence-electron chi connectivity index (χ0n) is 11.0. The van der Waals surface area contributed by atoms with Gasteiger partial charge in [0.25, 0.3) is 0 Å². The lowest BCUT2D eigenvalue weighted by molar-refractivity contribution is -0.149. The highest BCUT2D eigenvalue weighted by Crippen LogP contribution is 2.31. The maximum absolute atomic E-state index is 11.4. The predicted molar refractivity (Wildman–Crippen MR) is 72.7 cm³/mol. The lowest BCUT2D eigenvalue weighted by atomic mass is 9.79. The minimum absolute atomic E-state index is 0.458. The fourth-order valence-corrected chi connectivity index (χ4v) is 2.78. The quantitative estimate of drug-likeness (QED) is 0.759. The van der Waals surface area contributed by atoms with Crippen LogP contribution in [0.25, 0.3) is 0 Å². The number of aliphatic carboxylic acids is 1. The Bertz CT molecular complexity index is 413. The van der Waals surface area contributed by atoms with Crippen LogP contribution < -0.4 is 5.32 Å². The molecular formula is C15H21NO3. The van der Waals surface area contributed by atoms with Crippen molar-refractivity contribution in [2.24, 2.45) is 0 Å². The van der Waals surface area contributed by atoms with Crippen LogP contribution in [0.1, 0.15) is 37.7 Å². The molecule has 0 bridgehead atoms. The maximum Gasteiger partial charge on any atom is 0.323 e. The van der Waals surface area contributed by atoms with Crippen molar-refractivity contribution in [2.75, 3.05) is 0 Å². The Hall–Kier alpha value is -1.39. The summed E-state index contributed by atoms with van der Waals surface area (Å²) in [6, 6.07) is 8.75. The van der Waals surface area contributed by atoms with E-state index in [2.05, 4.69) is 5.32 Å². The molecule has 0 aliphatic heterocycles. The monoisotopic (exact) mass is 263 g/mol. The lowest BCUT2D eigenvalue weighted by Crippen LogP contribution is -2.56. The van der Waals surface area contributed by atoms with Crippen LogP contribution >= 0.6 is 0 Å². The summed E-state index contributed by atoms with van der Waals surface area (Å²) in [6.07, 6.45) is 3.99. The largest absolute Gasteiger partial charge is 0.480 e. The standard InChI is InChI=1S/C15H21NO3/c17-14(18)13(15(19)9-5-2-6-10-15)16-11-12-7-3-1-4-8-12/h1,3-4,7-8,13,16,19H,2,5-6,9-11H2,(H,17,18). The smallest absolute Gasteiger partial charge is 0.323 e. The van der Waals surface area contributed by atoms with Gasteiger partial charge in [0.1, 0.15) is 6.04 Å². The van der Waals surface area contributed by atoms with E-state index in [0.717, 1.165) is 24.8 Å². The molecule has 4 heteroatoms. The molecule has 0 radical (unpaired) electrons.